The first-order valence-electron chi connectivity index (χ1n) is 7.04. The summed E-state index contributed by atoms with van der Waals surface area (Å²) >= 11 is 0. The van der Waals surface area contributed by atoms with Crippen molar-refractivity contribution in [3.63, 3.8) is 0 Å². The van der Waals surface area contributed by atoms with Gasteiger partial charge in [0, 0.05) is 12.1 Å². The second-order valence-electron chi connectivity index (χ2n) is 4.36. The molecular weight excluding hydrogens is 268 g/mol. The van der Waals surface area contributed by atoms with Gasteiger partial charge in [0.25, 0.3) is 0 Å². The quantitative estimate of drug-likeness (QED) is 0.845. The Morgan fingerprint density at radius 2 is 2.00 bits per heavy atom. The lowest BCUT2D eigenvalue weighted by molar-refractivity contribution is 0.340. The van der Waals surface area contributed by atoms with Crippen LogP contribution in [0.2, 0.25) is 0 Å². The van der Waals surface area contributed by atoms with E-state index in [2.05, 4.69) is 27.2 Å². The van der Waals surface area contributed by atoms with Gasteiger partial charge in [0.1, 0.15) is 5.75 Å². The molecule has 1 aromatic carbocycles. The molecule has 2 rings (SSSR count). The summed E-state index contributed by atoms with van der Waals surface area (Å²) in [5.41, 5.74) is 0.862. The highest BCUT2D eigenvalue weighted by Crippen LogP contribution is 2.23. The van der Waals surface area contributed by atoms with Crippen LogP contribution in [0, 0.1) is 0 Å². The molecule has 0 radical (unpaired) electrons. The smallest absolute Gasteiger partial charge is 0.321 e. The lowest BCUT2D eigenvalue weighted by Gasteiger charge is -2.09. The molecule has 0 aliphatic carbocycles. The molecule has 6 heteroatoms. The van der Waals surface area contributed by atoms with Crippen molar-refractivity contribution < 1.29 is 9.47 Å². The first-order valence-corrected chi connectivity index (χ1v) is 7.04. The van der Waals surface area contributed by atoms with Crippen LogP contribution in [0.1, 0.15) is 20.3 Å². The van der Waals surface area contributed by atoms with E-state index in [0.29, 0.717) is 24.4 Å². The standard InChI is InChI=1S/C15H20N4O2/c1-4-9-16-14-17-13(18-15(19-14)20-3)11-7-6-8-12(10-11)21-5-2/h6-8,10H,4-5,9H2,1-3H3,(H,16,17,18,19). The normalized spacial score (nSPS) is 10.2. The highest BCUT2D eigenvalue weighted by molar-refractivity contribution is 5.58. The van der Waals surface area contributed by atoms with Crippen LogP contribution in [-0.4, -0.2) is 35.2 Å². The fourth-order valence-corrected chi connectivity index (χ4v) is 1.78. The van der Waals surface area contributed by atoms with Crippen molar-refractivity contribution in [1.29, 1.82) is 0 Å². The molecule has 112 valence electrons. The minimum atomic E-state index is 0.292. The van der Waals surface area contributed by atoms with Crippen LogP contribution in [0.25, 0.3) is 11.4 Å². The van der Waals surface area contributed by atoms with Gasteiger partial charge in [-0.3, -0.25) is 0 Å². The van der Waals surface area contributed by atoms with Gasteiger partial charge in [-0.05, 0) is 25.5 Å². The van der Waals surface area contributed by atoms with Crippen molar-refractivity contribution in [3.05, 3.63) is 24.3 Å². The van der Waals surface area contributed by atoms with Crippen molar-refractivity contribution in [1.82, 2.24) is 15.0 Å². The SMILES string of the molecule is CCCNc1nc(OC)nc(-c2cccc(OCC)c2)n1. The van der Waals surface area contributed by atoms with Crippen LogP contribution in [-0.2, 0) is 0 Å². The number of nitrogens with zero attached hydrogens (tertiary/aromatic N) is 3. The molecule has 0 aliphatic heterocycles. The van der Waals surface area contributed by atoms with Crippen LogP contribution in [0.3, 0.4) is 0 Å². The number of methoxy groups -OCH3 is 1. The Kier molecular flexibility index (Phi) is 5.31. The Balaban J connectivity index is 2.35. The van der Waals surface area contributed by atoms with Crippen LogP contribution in [0.15, 0.2) is 24.3 Å². The zero-order chi connectivity index (χ0) is 15.1. The van der Waals surface area contributed by atoms with E-state index in [4.69, 9.17) is 9.47 Å². The molecule has 0 aliphatic rings. The molecule has 0 spiro atoms. The summed E-state index contributed by atoms with van der Waals surface area (Å²) in [6.07, 6.45) is 0.989. The topological polar surface area (TPSA) is 69.2 Å². The third-order valence-corrected chi connectivity index (χ3v) is 2.73. The molecule has 1 N–H and O–H groups in total. The summed E-state index contributed by atoms with van der Waals surface area (Å²) in [6.45, 7) is 5.45. The number of anilines is 1. The first-order chi connectivity index (χ1) is 10.3. The molecule has 0 amide bonds. The Bertz CT molecular complexity index is 590. The summed E-state index contributed by atoms with van der Waals surface area (Å²) < 4.78 is 10.6. The number of benzene rings is 1. The van der Waals surface area contributed by atoms with Crippen molar-refractivity contribution >= 4 is 5.95 Å². The summed E-state index contributed by atoms with van der Waals surface area (Å²) in [5.74, 6) is 1.86. The van der Waals surface area contributed by atoms with Gasteiger partial charge in [-0.15, -0.1) is 0 Å². The van der Waals surface area contributed by atoms with Crippen LogP contribution in [0.5, 0.6) is 11.8 Å². The fraction of sp³-hybridized carbons (Fsp3) is 0.400. The zero-order valence-electron chi connectivity index (χ0n) is 12.6. The van der Waals surface area contributed by atoms with Gasteiger partial charge in [0.15, 0.2) is 5.82 Å². The molecule has 0 saturated carbocycles. The van der Waals surface area contributed by atoms with E-state index in [1.54, 1.807) is 7.11 Å². The molecule has 1 aromatic heterocycles. The van der Waals surface area contributed by atoms with Crippen LogP contribution < -0.4 is 14.8 Å². The van der Waals surface area contributed by atoms with Gasteiger partial charge >= 0.3 is 6.01 Å². The Morgan fingerprint density at radius 1 is 1.14 bits per heavy atom. The van der Waals surface area contributed by atoms with E-state index >= 15 is 0 Å². The summed E-state index contributed by atoms with van der Waals surface area (Å²) in [4.78, 5) is 12.9. The molecule has 0 saturated heterocycles. The van der Waals surface area contributed by atoms with Gasteiger partial charge < -0.3 is 14.8 Å². The fourth-order valence-electron chi connectivity index (χ4n) is 1.78. The minimum absolute atomic E-state index is 0.292. The Hall–Kier alpha value is -2.37. The predicted octanol–water partition coefficient (Wildman–Crippen LogP) is 2.77. The second-order valence-corrected chi connectivity index (χ2v) is 4.36. The van der Waals surface area contributed by atoms with Crippen molar-refractivity contribution in [2.75, 3.05) is 25.6 Å². The molecule has 0 atom stereocenters. The van der Waals surface area contributed by atoms with Crippen molar-refractivity contribution in [2.24, 2.45) is 0 Å². The monoisotopic (exact) mass is 288 g/mol. The molecular formula is C15H20N4O2. The average Bonchev–Trinajstić information content (AvgIpc) is 2.53. The molecule has 0 unspecified atom stereocenters. The number of nitrogens with one attached hydrogen (secondary N) is 1. The first kappa shape index (κ1) is 15.0. The Labute approximate surface area is 124 Å². The van der Waals surface area contributed by atoms with E-state index < -0.39 is 0 Å². The number of ether oxygens (including phenoxy) is 2. The minimum Gasteiger partial charge on any atom is -0.494 e. The average molecular weight is 288 g/mol. The van der Waals surface area contributed by atoms with Crippen LogP contribution >= 0.6 is 0 Å². The predicted molar refractivity (Wildman–Crippen MR) is 81.8 cm³/mol. The van der Waals surface area contributed by atoms with E-state index in [1.165, 1.54) is 0 Å². The second kappa shape index (κ2) is 7.42. The molecule has 1 heterocycles. The lowest BCUT2D eigenvalue weighted by atomic mass is 10.2. The number of rotatable bonds is 7. The van der Waals surface area contributed by atoms with Gasteiger partial charge in [-0.25, -0.2) is 0 Å². The Morgan fingerprint density at radius 3 is 2.71 bits per heavy atom. The highest BCUT2D eigenvalue weighted by atomic mass is 16.5. The van der Waals surface area contributed by atoms with Crippen molar-refractivity contribution in [2.45, 2.75) is 20.3 Å². The van der Waals surface area contributed by atoms with Gasteiger partial charge in [0.2, 0.25) is 5.95 Å². The molecule has 21 heavy (non-hydrogen) atoms. The van der Waals surface area contributed by atoms with Gasteiger partial charge in [-0.1, -0.05) is 19.1 Å². The van der Waals surface area contributed by atoms with E-state index in [9.17, 15) is 0 Å². The summed E-state index contributed by atoms with van der Waals surface area (Å²) in [7, 11) is 1.54. The maximum Gasteiger partial charge on any atom is 0.321 e. The zero-order valence-corrected chi connectivity index (χ0v) is 12.6. The third kappa shape index (κ3) is 4.05. The van der Waals surface area contributed by atoms with Crippen molar-refractivity contribution in [3.8, 4) is 23.1 Å². The lowest BCUT2D eigenvalue weighted by Crippen LogP contribution is -2.07. The van der Waals surface area contributed by atoms with E-state index in [1.807, 2.05) is 31.2 Å². The number of hydrogen-bond acceptors (Lipinski definition) is 6. The van der Waals surface area contributed by atoms with Crippen LogP contribution in [0.4, 0.5) is 5.95 Å². The maximum absolute atomic E-state index is 5.50. The highest BCUT2D eigenvalue weighted by Gasteiger charge is 2.09. The molecule has 0 bridgehead atoms. The molecule has 2 aromatic rings. The summed E-state index contributed by atoms with van der Waals surface area (Å²) in [5, 5.41) is 3.15. The number of hydrogen-bond donors (Lipinski definition) is 1. The number of aromatic nitrogens is 3. The third-order valence-electron chi connectivity index (χ3n) is 2.73. The summed E-state index contributed by atoms with van der Waals surface area (Å²) in [6, 6.07) is 7.94. The maximum atomic E-state index is 5.50. The van der Waals surface area contributed by atoms with Gasteiger partial charge in [0.05, 0.1) is 13.7 Å². The van der Waals surface area contributed by atoms with Gasteiger partial charge in [-0.2, -0.15) is 15.0 Å². The van der Waals surface area contributed by atoms with E-state index in [-0.39, 0.29) is 0 Å². The molecule has 0 fully saturated rings. The van der Waals surface area contributed by atoms with E-state index in [0.717, 1.165) is 24.3 Å². The largest absolute Gasteiger partial charge is 0.494 e. The molecule has 6 nitrogen and oxygen atoms in total.